The van der Waals surface area contributed by atoms with Gasteiger partial charge in [-0.1, -0.05) is 18.5 Å². The molecule has 0 atom stereocenters. The van der Waals surface area contributed by atoms with Gasteiger partial charge in [-0.3, -0.25) is 4.79 Å². The Morgan fingerprint density at radius 2 is 1.96 bits per heavy atom. The van der Waals surface area contributed by atoms with Gasteiger partial charge in [0.2, 0.25) is 0 Å². The summed E-state index contributed by atoms with van der Waals surface area (Å²) in [5, 5.41) is 19.2. The van der Waals surface area contributed by atoms with Crippen molar-refractivity contribution in [2.24, 2.45) is 0 Å². The van der Waals surface area contributed by atoms with Crippen molar-refractivity contribution < 1.29 is 9.47 Å². The Hall–Kier alpha value is -3.16. The number of hydrogen-bond donors (Lipinski definition) is 2. The number of nitrogen functional groups attached to an aromatic ring is 1. The molecule has 2 rings (SSSR count). The molecular weight excluding hydrogens is 344 g/mol. The van der Waals surface area contributed by atoms with Crippen LogP contribution in [0.5, 0.6) is 11.5 Å². The summed E-state index contributed by atoms with van der Waals surface area (Å²) in [4.78, 5) is 14.4. The Morgan fingerprint density at radius 1 is 1.28 bits per heavy atom. The highest BCUT2D eigenvalue weighted by Crippen LogP contribution is 2.43. The number of halogens is 1. The van der Waals surface area contributed by atoms with Gasteiger partial charge in [-0.05, 0) is 12.5 Å². The molecule has 1 aromatic heterocycles. The molecule has 3 N–H and O–H groups in total. The van der Waals surface area contributed by atoms with Gasteiger partial charge in [0.1, 0.15) is 29.1 Å². The second kappa shape index (κ2) is 7.61. The molecule has 0 bridgehead atoms. The molecule has 0 fully saturated rings. The van der Waals surface area contributed by atoms with Crippen LogP contribution < -0.4 is 20.8 Å². The minimum atomic E-state index is -0.700. The summed E-state index contributed by atoms with van der Waals surface area (Å²) in [6.07, 6.45) is 0.721. The lowest BCUT2D eigenvalue weighted by atomic mass is 9.95. The second-order valence-corrected chi connectivity index (χ2v) is 5.49. The van der Waals surface area contributed by atoms with Gasteiger partial charge in [-0.2, -0.15) is 10.5 Å². The monoisotopic (exact) mass is 358 g/mol. The van der Waals surface area contributed by atoms with Crippen LogP contribution in [0.15, 0.2) is 16.9 Å². The van der Waals surface area contributed by atoms with Crippen molar-refractivity contribution in [3.05, 3.63) is 38.6 Å². The maximum Gasteiger partial charge on any atom is 0.268 e. The van der Waals surface area contributed by atoms with Crippen molar-refractivity contribution in [2.75, 3.05) is 19.5 Å². The first-order valence-corrected chi connectivity index (χ1v) is 7.72. The van der Waals surface area contributed by atoms with Crippen LogP contribution in [0.1, 0.15) is 24.5 Å². The average Bonchev–Trinajstić information content (AvgIpc) is 2.59. The fourth-order valence-electron chi connectivity index (χ4n) is 2.37. The van der Waals surface area contributed by atoms with Crippen LogP contribution in [0.4, 0.5) is 5.82 Å². The summed E-state index contributed by atoms with van der Waals surface area (Å²) in [5.74, 6) is 0.469. The predicted octanol–water partition coefficient (Wildman–Crippen LogP) is 2.82. The highest BCUT2D eigenvalue weighted by atomic mass is 35.5. The van der Waals surface area contributed by atoms with Crippen LogP contribution in [-0.4, -0.2) is 18.7 Å². The van der Waals surface area contributed by atoms with Gasteiger partial charge in [0.25, 0.3) is 5.56 Å². The van der Waals surface area contributed by atoms with E-state index in [9.17, 15) is 15.3 Å². The van der Waals surface area contributed by atoms with E-state index < -0.39 is 5.56 Å². The zero-order valence-electron chi connectivity index (χ0n) is 13.6. The molecule has 0 saturated heterocycles. The number of aromatic amines is 1. The molecule has 1 heterocycles. The zero-order valence-corrected chi connectivity index (χ0v) is 14.4. The van der Waals surface area contributed by atoms with Crippen molar-refractivity contribution >= 4 is 17.4 Å². The third-order valence-electron chi connectivity index (χ3n) is 3.43. The molecule has 25 heavy (non-hydrogen) atoms. The number of pyridine rings is 1. The van der Waals surface area contributed by atoms with Crippen LogP contribution in [0.25, 0.3) is 11.1 Å². The number of nitrogens with zero attached hydrogens (tertiary/aromatic N) is 2. The summed E-state index contributed by atoms with van der Waals surface area (Å²) >= 11 is 6.14. The van der Waals surface area contributed by atoms with E-state index in [0.717, 1.165) is 6.42 Å². The van der Waals surface area contributed by atoms with E-state index in [1.807, 2.05) is 19.1 Å². The van der Waals surface area contributed by atoms with Crippen molar-refractivity contribution in [2.45, 2.75) is 13.3 Å². The van der Waals surface area contributed by atoms with E-state index in [0.29, 0.717) is 22.9 Å². The van der Waals surface area contributed by atoms with E-state index in [1.54, 1.807) is 6.07 Å². The van der Waals surface area contributed by atoms with Crippen molar-refractivity contribution in [1.82, 2.24) is 4.98 Å². The van der Waals surface area contributed by atoms with Crippen molar-refractivity contribution in [1.29, 1.82) is 10.5 Å². The summed E-state index contributed by atoms with van der Waals surface area (Å²) in [6, 6.07) is 6.78. The number of nitriles is 2. The second-order valence-electron chi connectivity index (χ2n) is 5.05. The number of H-pyrrole nitrogens is 1. The van der Waals surface area contributed by atoms with Gasteiger partial charge in [0, 0.05) is 22.2 Å². The minimum Gasteiger partial charge on any atom is -0.493 e. The summed E-state index contributed by atoms with van der Waals surface area (Å²) in [6.45, 7) is 2.29. The van der Waals surface area contributed by atoms with Gasteiger partial charge in [0.05, 0.1) is 13.7 Å². The van der Waals surface area contributed by atoms with Gasteiger partial charge >= 0.3 is 0 Å². The number of anilines is 1. The van der Waals surface area contributed by atoms with Gasteiger partial charge < -0.3 is 20.2 Å². The molecule has 0 saturated carbocycles. The zero-order chi connectivity index (χ0) is 18.6. The molecule has 1 aromatic carbocycles. The number of ether oxygens (including phenoxy) is 2. The Balaban J connectivity index is 2.96. The summed E-state index contributed by atoms with van der Waals surface area (Å²) in [7, 11) is 1.44. The standard InChI is InChI=1S/C17H15ClN4O3/c1-3-4-25-15-10(5-9(18)6-13(15)24-2)14-11(7-19)16(21)22-17(23)12(14)8-20/h5-6H,3-4H2,1-2H3,(H3,21,22,23). The first kappa shape index (κ1) is 18.2. The Labute approximate surface area is 149 Å². The maximum absolute atomic E-state index is 12.1. The molecule has 0 aliphatic carbocycles. The molecule has 7 nitrogen and oxygen atoms in total. The number of aromatic nitrogens is 1. The third-order valence-corrected chi connectivity index (χ3v) is 3.65. The molecule has 0 radical (unpaired) electrons. The fraction of sp³-hybridized carbons (Fsp3) is 0.235. The number of nitrogens with one attached hydrogen (secondary N) is 1. The van der Waals surface area contributed by atoms with Crippen LogP contribution in [0.2, 0.25) is 5.02 Å². The Kier molecular flexibility index (Phi) is 5.53. The van der Waals surface area contributed by atoms with E-state index in [4.69, 9.17) is 26.8 Å². The first-order valence-electron chi connectivity index (χ1n) is 7.35. The largest absolute Gasteiger partial charge is 0.493 e. The van der Waals surface area contributed by atoms with Gasteiger partial charge in [-0.25, -0.2) is 0 Å². The van der Waals surface area contributed by atoms with E-state index in [2.05, 4.69) is 4.98 Å². The van der Waals surface area contributed by atoms with E-state index >= 15 is 0 Å². The third kappa shape index (κ3) is 3.37. The number of benzene rings is 1. The van der Waals surface area contributed by atoms with Gasteiger partial charge in [0.15, 0.2) is 11.5 Å². The van der Waals surface area contributed by atoms with Crippen LogP contribution in [0, 0.1) is 22.7 Å². The lowest BCUT2D eigenvalue weighted by molar-refractivity contribution is 0.295. The maximum atomic E-state index is 12.1. The quantitative estimate of drug-likeness (QED) is 0.846. The van der Waals surface area contributed by atoms with Crippen LogP contribution in [-0.2, 0) is 0 Å². The smallest absolute Gasteiger partial charge is 0.268 e. The molecule has 8 heteroatoms. The number of rotatable bonds is 5. The molecule has 0 spiro atoms. The van der Waals surface area contributed by atoms with E-state index in [1.165, 1.54) is 13.2 Å². The SMILES string of the molecule is CCCOc1c(OC)cc(Cl)cc1-c1c(C#N)c(N)[nH]c(=O)c1C#N. The fourth-order valence-corrected chi connectivity index (χ4v) is 2.58. The van der Waals surface area contributed by atoms with Crippen LogP contribution >= 0.6 is 11.6 Å². The highest BCUT2D eigenvalue weighted by molar-refractivity contribution is 6.31. The topological polar surface area (TPSA) is 125 Å². The Morgan fingerprint density at radius 3 is 2.52 bits per heavy atom. The minimum absolute atomic E-state index is 0.0400. The molecule has 0 aliphatic heterocycles. The normalized spacial score (nSPS) is 9.96. The average molecular weight is 359 g/mol. The molecular formula is C17H15ClN4O3. The lowest BCUT2D eigenvalue weighted by Crippen LogP contribution is -2.16. The lowest BCUT2D eigenvalue weighted by Gasteiger charge is -2.17. The molecule has 0 unspecified atom stereocenters. The highest BCUT2D eigenvalue weighted by Gasteiger charge is 2.24. The number of hydrogen-bond acceptors (Lipinski definition) is 6. The Bertz CT molecular complexity index is 954. The number of nitrogens with two attached hydrogens (primary N) is 1. The summed E-state index contributed by atoms with van der Waals surface area (Å²) < 4.78 is 11.0. The molecule has 2 aromatic rings. The van der Waals surface area contributed by atoms with Crippen LogP contribution in [0.3, 0.4) is 0 Å². The molecule has 128 valence electrons. The molecule has 0 amide bonds. The van der Waals surface area contributed by atoms with Gasteiger partial charge in [-0.15, -0.1) is 0 Å². The summed E-state index contributed by atoms with van der Waals surface area (Å²) in [5.41, 5.74) is 5.13. The van der Waals surface area contributed by atoms with Crippen molar-refractivity contribution in [3.63, 3.8) is 0 Å². The van der Waals surface area contributed by atoms with E-state index in [-0.39, 0.29) is 28.3 Å². The van der Waals surface area contributed by atoms with Crippen molar-refractivity contribution in [3.8, 4) is 34.8 Å². The predicted molar refractivity (Wildman–Crippen MR) is 93.7 cm³/mol. The first-order chi connectivity index (χ1) is 12.0. The molecule has 0 aliphatic rings. The number of methoxy groups -OCH3 is 1.